The fourth-order valence-corrected chi connectivity index (χ4v) is 5.73. The molecule has 0 heterocycles. The van der Waals surface area contributed by atoms with Gasteiger partial charge in [0.2, 0.25) is 0 Å². The molecular formula is C27H40O2. The second-order valence-electron chi connectivity index (χ2n) is 10.1. The van der Waals surface area contributed by atoms with Crippen molar-refractivity contribution in [3.8, 4) is 11.5 Å². The van der Waals surface area contributed by atoms with Gasteiger partial charge in [0.25, 0.3) is 0 Å². The molecule has 2 nitrogen and oxygen atoms in total. The highest BCUT2D eigenvalue weighted by molar-refractivity contribution is 5.43. The van der Waals surface area contributed by atoms with Crippen molar-refractivity contribution < 1.29 is 10.2 Å². The third kappa shape index (κ3) is 4.73. The fraction of sp³-hybridized carbons (Fsp3) is 0.630. The van der Waals surface area contributed by atoms with Crippen molar-refractivity contribution in [2.75, 3.05) is 0 Å². The summed E-state index contributed by atoms with van der Waals surface area (Å²) in [4.78, 5) is 0. The van der Waals surface area contributed by atoms with E-state index in [1.807, 2.05) is 0 Å². The first-order valence-electron chi connectivity index (χ1n) is 11.7. The number of fused-ring (bicyclic) bond motifs is 1. The van der Waals surface area contributed by atoms with E-state index in [0.717, 1.165) is 36.7 Å². The summed E-state index contributed by atoms with van der Waals surface area (Å²) in [6.45, 7) is 9.33. The number of hydrogen-bond donors (Lipinski definition) is 2. The van der Waals surface area contributed by atoms with Crippen LogP contribution in [0, 0.1) is 17.3 Å². The lowest BCUT2D eigenvalue weighted by Crippen LogP contribution is -2.47. The monoisotopic (exact) mass is 396 g/mol. The Hall–Kier alpha value is -1.70. The molecule has 160 valence electrons. The Morgan fingerprint density at radius 1 is 1.07 bits per heavy atom. The minimum Gasteiger partial charge on any atom is -0.508 e. The first-order valence-corrected chi connectivity index (χ1v) is 11.7. The van der Waals surface area contributed by atoms with Crippen molar-refractivity contribution in [2.45, 2.75) is 90.9 Å². The van der Waals surface area contributed by atoms with Gasteiger partial charge >= 0.3 is 0 Å². The van der Waals surface area contributed by atoms with Crippen LogP contribution < -0.4 is 0 Å². The zero-order valence-corrected chi connectivity index (χ0v) is 18.9. The van der Waals surface area contributed by atoms with E-state index in [2.05, 4.69) is 45.9 Å². The number of phenolic OH excluding ortho intramolecular Hbond substituents is 2. The first kappa shape index (κ1) is 22.0. The van der Waals surface area contributed by atoms with Gasteiger partial charge in [0.1, 0.15) is 11.5 Å². The minimum atomic E-state index is 0.0178. The Labute approximate surface area is 177 Å². The summed E-state index contributed by atoms with van der Waals surface area (Å²) in [5.41, 5.74) is 3.35. The van der Waals surface area contributed by atoms with Crippen molar-refractivity contribution in [1.29, 1.82) is 0 Å². The summed E-state index contributed by atoms with van der Waals surface area (Å²) >= 11 is 0. The number of phenols is 2. The van der Waals surface area contributed by atoms with Crippen LogP contribution in [0.15, 0.2) is 42.0 Å². The summed E-state index contributed by atoms with van der Waals surface area (Å²) in [5.74, 6) is 2.24. The Morgan fingerprint density at radius 2 is 1.72 bits per heavy atom. The summed E-state index contributed by atoms with van der Waals surface area (Å²) < 4.78 is 0. The molecule has 2 saturated carbocycles. The van der Waals surface area contributed by atoms with Crippen LogP contribution in [0.3, 0.4) is 0 Å². The maximum Gasteiger partial charge on any atom is 0.119 e. The van der Waals surface area contributed by atoms with Gasteiger partial charge in [0.15, 0.2) is 0 Å². The molecule has 29 heavy (non-hydrogen) atoms. The highest BCUT2D eigenvalue weighted by Gasteiger charge is 2.49. The lowest BCUT2D eigenvalue weighted by Gasteiger charge is -2.56. The van der Waals surface area contributed by atoms with Gasteiger partial charge in [0.05, 0.1) is 0 Å². The highest BCUT2D eigenvalue weighted by Crippen LogP contribution is 2.58. The number of unbranched alkanes of at least 4 members (excludes halogenated alkanes) is 2. The predicted octanol–water partition coefficient (Wildman–Crippen LogP) is 7.65. The number of aromatic hydroxyl groups is 2. The molecule has 0 saturated heterocycles. The van der Waals surface area contributed by atoms with E-state index < -0.39 is 0 Å². The molecule has 2 fully saturated rings. The van der Waals surface area contributed by atoms with E-state index in [1.54, 1.807) is 17.7 Å². The van der Waals surface area contributed by atoms with Crippen LogP contribution >= 0.6 is 0 Å². The summed E-state index contributed by atoms with van der Waals surface area (Å²) in [6.07, 6.45) is 18.0. The van der Waals surface area contributed by atoms with Gasteiger partial charge in [-0.3, -0.25) is 0 Å². The standard InChI is InChI=1S/C17H24O2.C10H16/c1-2-3-4-5-8-17(9-6-7-10-17)14-11-15(18)13-16(19)12-14;1-7-4-5-8-6-9(7)10(8,2)3/h5,8,11-13,18-19H,2-4,6-7,9-10H2,1H3;4,8-9H,5-6H2,1-3H3/b8-5-;. The van der Waals surface area contributed by atoms with Crippen molar-refractivity contribution in [3.05, 3.63) is 47.6 Å². The quantitative estimate of drug-likeness (QED) is 0.396. The Bertz CT molecular complexity index is 730. The van der Waals surface area contributed by atoms with E-state index in [0.29, 0.717) is 5.41 Å². The van der Waals surface area contributed by atoms with Crippen molar-refractivity contribution >= 4 is 0 Å². The molecule has 0 radical (unpaired) electrons. The zero-order valence-electron chi connectivity index (χ0n) is 18.9. The largest absolute Gasteiger partial charge is 0.508 e. The maximum atomic E-state index is 9.69. The summed E-state index contributed by atoms with van der Waals surface area (Å²) in [7, 11) is 0. The molecule has 0 amide bonds. The van der Waals surface area contributed by atoms with E-state index in [4.69, 9.17) is 0 Å². The molecule has 1 aromatic carbocycles. The van der Waals surface area contributed by atoms with Gasteiger partial charge < -0.3 is 10.2 Å². The number of allylic oxidation sites excluding steroid dienone is 4. The Kier molecular flexibility index (Phi) is 6.81. The topological polar surface area (TPSA) is 40.5 Å². The van der Waals surface area contributed by atoms with E-state index in [1.165, 1.54) is 44.6 Å². The Morgan fingerprint density at radius 3 is 2.21 bits per heavy atom. The SMILES string of the molecule is CC1=CCC2CC1C2(C)C.CCCC/C=C\C1(c2cc(O)cc(O)c2)CCCC1. The van der Waals surface area contributed by atoms with Crippen LogP contribution in [0.25, 0.3) is 0 Å². The van der Waals surface area contributed by atoms with Crippen molar-refractivity contribution in [3.63, 3.8) is 0 Å². The molecule has 1 aromatic rings. The van der Waals surface area contributed by atoms with Gasteiger partial charge in [-0.25, -0.2) is 0 Å². The molecule has 4 aliphatic rings. The third-order valence-electron chi connectivity index (χ3n) is 7.88. The van der Waals surface area contributed by atoms with Crippen LogP contribution in [-0.4, -0.2) is 10.2 Å². The fourth-order valence-electron chi connectivity index (χ4n) is 5.73. The molecule has 0 aromatic heterocycles. The molecule has 0 aliphatic heterocycles. The molecule has 2 N–H and O–H groups in total. The van der Waals surface area contributed by atoms with Gasteiger partial charge in [-0.1, -0.05) is 70.3 Å². The summed E-state index contributed by atoms with van der Waals surface area (Å²) in [5, 5.41) is 19.4. The predicted molar refractivity (Wildman–Crippen MR) is 122 cm³/mol. The highest BCUT2D eigenvalue weighted by atomic mass is 16.3. The molecule has 2 atom stereocenters. The second-order valence-corrected chi connectivity index (χ2v) is 10.1. The van der Waals surface area contributed by atoms with Crippen molar-refractivity contribution in [1.82, 2.24) is 0 Å². The van der Waals surface area contributed by atoms with Gasteiger partial charge in [0, 0.05) is 11.5 Å². The van der Waals surface area contributed by atoms with Crippen LogP contribution in [0.1, 0.15) is 91.0 Å². The molecule has 2 unspecified atom stereocenters. The number of rotatable bonds is 5. The second kappa shape index (κ2) is 8.98. The molecule has 2 heteroatoms. The molecule has 4 aliphatic carbocycles. The molecular weight excluding hydrogens is 356 g/mol. The molecule has 2 bridgehead atoms. The third-order valence-corrected chi connectivity index (χ3v) is 7.88. The maximum absolute atomic E-state index is 9.69. The number of benzene rings is 1. The lowest BCUT2D eigenvalue weighted by atomic mass is 9.49. The van der Waals surface area contributed by atoms with Crippen LogP contribution in [0.5, 0.6) is 11.5 Å². The normalized spacial score (nSPS) is 26.4. The van der Waals surface area contributed by atoms with Gasteiger partial charge in [-0.2, -0.15) is 0 Å². The lowest BCUT2D eigenvalue weighted by molar-refractivity contribution is -0.00579. The average Bonchev–Trinajstić information content (AvgIpc) is 3.15. The zero-order chi connectivity index (χ0) is 21.1. The van der Waals surface area contributed by atoms with E-state index in [-0.39, 0.29) is 16.9 Å². The van der Waals surface area contributed by atoms with Gasteiger partial charge in [-0.15, -0.1) is 0 Å². The number of hydrogen-bond acceptors (Lipinski definition) is 2. The molecule has 5 rings (SSSR count). The minimum absolute atomic E-state index is 0.0178. The Balaban J connectivity index is 0.000000200. The molecule has 0 spiro atoms. The van der Waals surface area contributed by atoms with E-state index in [9.17, 15) is 10.2 Å². The smallest absolute Gasteiger partial charge is 0.119 e. The van der Waals surface area contributed by atoms with Crippen LogP contribution in [0.2, 0.25) is 0 Å². The van der Waals surface area contributed by atoms with Crippen LogP contribution in [-0.2, 0) is 5.41 Å². The van der Waals surface area contributed by atoms with Crippen LogP contribution in [0.4, 0.5) is 0 Å². The first-order chi connectivity index (χ1) is 13.8. The summed E-state index contributed by atoms with van der Waals surface area (Å²) in [6, 6.07) is 5.00. The van der Waals surface area contributed by atoms with E-state index >= 15 is 0 Å². The average molecular weight is 397 g/mol. The van der Waals surface area contributed by atoms with Crippen molar-refractivity contribution in [2.24, 2.45) is 17.3 Å². The van der Waals surface area contributed by atoms with Gasteiger partial charge in [-0.05, 0) is 74.0 Å².